The Hall–Kier alpha value is -0.610. The largest absolute Gasteiger partial charge is 0.480 e. The van der Waals surface area contributed by atoms with Crippen LogP contribution in [-0.2, 0) is 4.79 Å². The van der Waals surface area contributed by atoms with Crippen molar-refractivity contribution < 1.29 is 9.90 Å². The maximum absolute atomic E-state index is 10.4. The summed E-state index contributed by atoms with van der Waals surface area (Å²) in [5.41, 5.74) is 5.35. The molecule has 0 aliphatic carbocycles. The molecule has 4 nitrogen and oxygen atoms in total. The summed E-state index contributed by atoms with van der Waals surface area (Å²) in [5, 5.41) is 8.54. The molecule has 0 aromatic rings. The van der Waals surface area contributed by atoms with Crippen molar-refractivity contribution in [2.24, 2.45) is 11.7 Å². The number of carboxylic acid groups (broad SMARTS) is 1. The second kappa shape index (κ2) is 5.97. The minimum absolute atomic E-state index is 0.0926. The summed E-state index contributed by atoms with van der Waals surface area (Å²) in [4.78, 5) is 12.2. The van der Waals surface area contributed by atoms with Crippen LogP contribution in [0.2, 0.25) is 0 Å². The SMILES string of the molecule is CC(C)CN(CCN)CC(=O)O. The first-order valence-corrected chi connectivity index (χ1v) is 4.20. The van der Waals surface area contributed by atoms with Crippen LogP contribution < -0.4 is 5.73 Å². The highest BCUT2D eigenvalue weighted by Gasteiger charge is 2.09. The number of aliphatic carboxylic acids is 1. The van der Waals surface area contributed by atoms with Crippen LogP contribution in [0.15, 0.2) is 0 Å². The van der Waals surface area contributed by atoms with Crippen LogP contribution >= 0.6 is 0 Å². The maximum atomic E-state index is 10.4. The van der Waals surface area contributed by atoms with E-state index in [0.29, 0.717) is 19.0 Å². The highest BCUT2D eigenvalue weighted by Crippen LogP contribution is 1.97. The van der Waals surface area contributed by atoms with Crippen molar-refractivity contribution in [3.8, 4) is 0 Å². The minimum Gasteiger partial charge on any atom is -0.480 e. The fourth-order valence-electron chi connectivity index (χ4n) is 1.13. The van der Waals surface area contributed by atoms with E-state index in [0.717, 1.165) is 6.54 Å². The molecule has 0 amide bonds. The van der Waals surface area contributed by atoms with Gasteiger partial charge >= 0.3 is 5.97 Å². The van der Waals surface area contributed by atoms with Crippen molar-refractivity contribution in [1.29, 1.82) is 0 Å². The third kappa shape index (κ3) is 6.12. The van der Waals surface area contributed by atoms with E-state index in [2.05, 4.69) is 13.8 Å². The highest BCUT2D eigenvalue weighted by molar-refractivity contribution is 5.69. The van der Waals surface area contributed by atoms with E-state index in [-0.39, 0.29) is 6.54 Å². The first-order chi connectivity index (χ1) is 5.56. The lowest BCUT2D eigenvalue weighted by molar-refractivity contribution is -0.138. The molecule has 0 heterocycles. The van der Waals surface area contributed by atoms with Gasteiger partial charge in [-0.05, 0) is 5.92 Å². The first-order valence-electron chi connectivity index (χ1n) is 4.20. The van der Waals surface area contributed by atoms with E-state index < -0.39 is 5.97 Å². The molecule has 0 atom stereocenters. The summed E-state index contributed by atoms with van der Waals surface area (Å²) in [6, 6.07) is 0. The molecule has 72 valence electrons. The van der Waals surface area contributed by atoms with Crippen LogP contribution in [0.25, 0.3) is 0 Å². The van der Waals surface area contributed by atoms with Gasteiger partial charge < -0.3 is 10.8 Å². The van der Waals surface area contributed by atoms with Gasteiger partial charge in [0.1, 0.15) is 0 Å². The number of carboxylic acids is 1. The third-order valence-electron chi connectivity index (χ3n) is 1.43. The molecule has 0 rings (SSSR count). The fourth-order valence-corrected chi connectivity index (χ4v) is 1.13. The van der Waals surface area contributed by atoms with E-state index in [1.807, 2.05) is 4.90 Å². The van der Waals surface area contributed by atoms with Gasteiger partial charge in [-0.1, -0.05) is 13.8 Å². The summed E-state index contributed by atoms with van der Waals surface area (Å²) in [6.07, 6.45) is 0. The average molecular weight is 174 g/mol. The molecular formula is C8H18N2O2. The minimum atomic E-state index is -0.788. The quantitative estimate of drug-likeness (QED) is 0.594. The number of nitrogens with two attached hydrogens (primary N) is 1. The average Bonchev–Trinajstić information content (AvgIpc) is 1.84. The molecule has 3 N–H and O–H groups in total. The molecule has 0 aliphatic rings. The molecule has 0 spiro atoms. The molecule has 0 aromatic heterocycles. The molecular weight excluding hydrogens is 156 g/mol. The third-order valence-corrected chi connectivity index (χ3v) is 1.43. The molecule has 0 aliphatic heterocycles. The van der Waals surface area contributed by atoms with Crippen LogP contribution in [0.5, 0.6) is 0 Å². The van der Waals surface area contributed by atoms with Crippen LogP contribution in [0.4, 0.5) is 0 Å². The predicted molar refractivity (Wildman–Crippen MR) is 48.0 cm³/mol. The van der Waals surface area contributed by atoms with Crippen molar-refractivity contribution in [1.82, 2.24) is 4.90 Å². The van der Waals surface area contributed by atoms with Gasteiger partial charge in [0.25, 0.3) is 0 Å². The lowest BCUT2D eigenvalue weighted by atomic mass is 10.2. The van der Waals surface area contributed by atoms with Gasteiger partial charge in [-0.2, -0.15) is 0 Å². The Kier molecular flexibility index (Phi) is 5.66. The van der Waals surface area contributed by atoms with Crippen molar-refractivity contribution in [3.05, 3.63) is 0 Å². The van der Waals surface area contributed by atoms with Crippen LogP contribution in [0.3, 0.4) is 0 Å². The summed E-state index contributed by atoms with van der Waals surface area (Å²) in [5.74, 6) is -0.306. The molecule has 0 aromatic carbocycles. The van der Waals surface area contributed by atoms with Gasteiger partial charge in [-0.15, -0.1) is 0 Å². The van der Waals surface area contributed by atoms with Gasteiger partial charge in [0.2, 0.25) is 0 Å². The molecule has 4 heteroatoms. The number of rotatable bonds is 6. The Morgan fingerprint density at radius 2 is 2.17 bits per heavy atom. The second-order valence-electron chi connectivity index (χ2n) is 3.31. The van der Waals surface area contributed by atoms with Crippen molar-refractivity contribution >= 4 is 5.97 Å². The van der Waals surface area contributed by atoms with E-state index in [9.17, 15) is 4.79 Å². The molecule has 12 heavy (non-hydrogen) atoms. The Balaban J connectivity index is 3.77. The van der Waals surface area contributed by atoms with Crippen molar-refractivity contribution in [2.45, 2.75) is 13.8 Å². The van der Waals surface area contributed by atoms with Gasteiger partial charge in [-0.25, -0.2) is 0 Å². The Morgan fingerprint density at radius 1 is 1.58 bits per heavy atom. The van der Waals surface area contributed by atoms with Gasteiger partial charge in [-0.3, -0.25) is 9.69 Å². The van der Waals surface area contributed by atoms with E-state index >= 15 is 0 Å². The van der Waals surface area contributed by atoms with Crippen LogP contribution in [-0.4, -0.2) is 42.2 Å². The summed E-state index contributed by atoms with van der Waals surface area (Å²) in [7, 11) is 0. The summed E-state index contributed by atoms with van der Waals surface area (Å²) < 4.78 is 0. The second-order valence-corrected chi connectivity index (χ2v) is 3.31. The van der Waals surface area contributed by atoms with Crippen molar-refractivity contribution in [3.63, 3.8) is 0 Å². The lowest BCUT2D eigenvalue weighted by Crippen LogP contribution is -2.36. The smallest absolute Gasteiger partial charge is 0.317 e. The standard InChI is InChI=1S/C8H18N2O2/c1-7(2)5-10(4-3-9)6-8(11)12/h7H,3-6,9H2,1-2H3,(H,11,12). The zero-order valence-electron chi connectivity index (χ0n) is 7.79. The molecule has 0 saturated carbocycles. The number of carbonyl (C=O) groups is 1. The first kappa shape index (κ1) is 11.4. The predicted octanol–water partition coefficient (Wildman–Crippen LogP) is -0.0123. The normalized spacial score (nSPS) is 11.1. The van der Waals surface area contributed by atoms with Gasteiger partial charge in [0.05, 0.1) is 6.54 Å². The highest BCUT2D eigenvalue weighted by atomic mass is 16.4. The maximum Gasteiger partial charge on any atom is 0.317 e. The van der Waals surface area contributed by atoms with Gasteiger partial charge in [0.15, 0.2) is 0 Å². The monoisotopic (exact) mass is 174 g/mol. The molecule has 0 unspecified atom stereocenters. The number of nitrogens with zero attached hydrogens (tertiary/aromatic N) is 1. The summed E-state index contributed by atoms with van der Waals surface area (Å²) in [6.45, 7) is 6.18. The lowest BCUT2D eigenvalue weighted by Gasteiger charge is -2.21. The number of hydrogen-bond acceptors (Lipinski definition) is 3. The number of hydrogen-bond donors (Lipinski definition) is 2. The Labute approximate surface area is 73.3 Å². The van der Waals surface area contributed by atoms with Crippen molar-refractivity contribution in [2.75, 3.05) is 26.2 Å². The molecule has 0 fully saturated rings. The fraction of sp³-hybridized carbons (Fsp3) is 0.875. The summed E-state index contributed by atoms with van der Waals surface area (Å²) >= 11 is 0. The van der Waals surface area contributed by atoms with E-state index in [4.69, 9.17) is 10.8 Å². The van der Waals surface area contributed by atoms with Crippen LogP contribution in [0, 0.1) is 5.92 Å². The zero-order valence-corrected chi connectivity index (χ0v) is 7.79. The molecule has 0 radical (unpaired) electrons. The Bertz CT molecular complexity index is 137. The van der Waals surface area contributed by atoms with Crippen LogP contribution in [0.1, 0.15) is 13.8 Å². The molecule has 0 bridgehead atoms. The van der Waals surface area contributed by atoms with E-state index in [1.54, 1.807) is 0 Å². The Morgan fingerprint density at radius 3 is 2.50 bits per heavy atom. The van der Waals surface area contributed by atoms with Gasteiger partial charge in [0, 0.05) is 19.6 Å². The zero-order chi connectivity index (χ0) is 9.56. The topological polar surface area (TPSA) is 66.6 Å². The van der Waals surface area contributed by atoms with E-state index in [1.165, 1.54) is 0 Å². The molecule has 0 saturated heterocycles.